The molecule has 3 saturated heterocycles. The lowest BCUT2D eigenvalue weighted by atomic mass is 9.97. The highest BCUT2D eigenvalue weighted by molar-refractivity contribution is 8.00. The minimum Gasteiger partial charge on any atom is -0.389 e. The molecule has 3 aliphatic heterocycles. The number of aliphatic hydroxyl groups excluding tert-OH is 1. The summed E-state index contributed by atoms with van der Waals surface area (Å²) in [6.45, 7) is 0. The first kappa shape index (κ1) is 6.75. The van der Waals surface area contributed by atoms with Crippen molar-refractivity contribution in [1.82, 2.24) is 0 Å². The third kappa shape index (κ3) is 0.820. The van der Waals surface area contributed by atoms with Gasteiger partial charge in [0.15, 0.2) is 0 Å². The van der Waals surface area contributed by atoms with Gasteiger partial charge in [-0.25, -0.2) is 0 Å². The van der Waals surface area contributed by atoms with Crippen molar-refractivity contribution >= 4 is 11.8 Å². The summed E-state index contributed by atoms with van der Waals surface area (Å²) in [5.41, 5.74) is 0. The molecule has 3 aliphatic rings. The maximum absolute atomic E-state index is 9.74. The number of hydrogen-bond donors (Lipinski definition) is 1. The molecule has 62 valence electrons. The molecule has 0 radical (unpaired) electrons. The zero-order valence-electron chi connectivity index (χ0n) is 6.27. The molecule has 0 amide bonds. The third-order valence-corrected chi connectivity index (χ3v) is 4.79. The molecule has 1 N–H and O–H groups in total. The molecule has 5 unspecified atom stereocenters. The van der Waals surface area contributed by atoms with Crippen LogP contribution < -0.4 is 0 Å². The van der Waals surface area contributed by atoms with Crippen LogP contribution in [0.2, 0.25) is 0 Å². The molecule has 0 aromatic carbocycles. The molecule has 0 saturated carbocycles. The SMILES string of the molecule is OC1C2CC3SC1CCC3O2. The molecule has 3 bridgehead atoms. The molecule has 0 aliphatic carbocycles. The van der Waals surface area contributed by atoms with Crippen molar-refractivity contribution in [2.24, 2.45) is 0 Å². The Kier molecular flexibility index (Phi) is 1.32. The van der Waals surface area contributed by atoms with E-state index >= 15 is 0 Å². The number of rotatable bonds is 0. The molecule has 11 heavy (non-hydrogen) atoms. The summed E-state index contributed by atoms with van der Waals surface area (Å²) in [6.07, 6.45) is 3.90. The lowest BCUT2D eigenvalue weighted by molar-refractivity contribution is -0.0164. The Bertz CT molecular complexity index is 177. The summed E-state index contributed by atoms with van der Waals surface area (Å²) in [5, 5.41) is 10.9. The maximum atomic E-state index is 9.74. The Balaban J connectivity index is 1.95. The predicted molar refractivity (Wildman–Crippen MR) is 43.7 cm³/mol. The van der Waals surface area contributed by atoms with Crippen LogP contribution in [0.4, 0.5) is 0 Å². The fraction of sp³-hybridized carbons (Fsp3) is 1.00. The van der Waals surface area contributed by atoms with Crippen molar-refractivity contribution < 1.29 is 9.84 Å². The molecule has 0 aromatic heterocycles. The van der Waals surface area contributed by atoms with Gasteiger partial charge in [0.05, 0.1) is 18.3 Å². The monoisotopic (exact) mass is 172 g/mol. The van der Waals surface area contributed by atoms with E-state index in [1.54, 1.807) is 0 Å². The van der Waals surface area contributed by atoms with Crippen molar-refractivity contribution in [3.05, 3.63) is 0 Å². The van der Waals surface area contributed by atoms with Gasteiger partial charge in [0, 0.05) is 10.5 Å². The number of aliphatic hydroxyl groups is 1. The summed E-state index contributed by atoms with van der Waals surface area (Å²) < 4.78 is 5.72. The minimum atomic E-state index is -0.177. The topological polar surface area (TPSA) is 29.5 Å². The summed E-state index contributed by atoms with van der Waals surface area (Å²) in [6, 6.07) is 0. The van der Waals surface area contributed by atoms with Gasteiger partial charge in [0.2, 0.25) is 0 Å². The third-order valence-electron chi connectivity index (χ3n) is 3.08. The molecular formula is C8H12O2S. The van der Waals surface area contributed by atoms with E-state index in [2.05, 4.69) is 0 Å². The first-order valence-electron chi connectivity index (χ1n) is 4.33. The number of ether oxygens (including phenoxy) is 1. The average molecular weight is 172 g/mol. The quantitative estimate of drug-likeness (QED) is 0.585. The Labute approximate surface area is 70.3 Å². The van der Waals surface area contributed by atoms with Crippen LogP contribution in [0.25, 0.3) is 0 Å². The smallest absolute Gasteiger partial charge is 0.0920 e. The molecule has 0 aromatic rings. The van der Waals surface area contributed by atoms with E-state index in [4.69, 9.17) is 4.74 Å². The molecular weight excluding hydrogens is 160 g/mol. The fourth-order valence-corrected chi connectivity index (χ4v) is 4.21. The van der Waals surface area contributed by atoms with Crippen LogP contribution in [-0.2, 0) is 4.74 Å². The lowest BCUT2D eigenvalue weighted by Gasteiger charge is -2.34. The molecule has 3 rings (SSSR count). The van der Waals surface area contributed by atoms with Gasteiger partial charge in [-0.05, 0) is 19.3 Å². The normalized spacial score (nSPS) is 60.3. The molecule has 3 fully saturated rings. The van der Waals surface area contributed by atoms with E-state index in [-0.39, 0.29) is 12.2 Å². The zero-order chi connectivity index (χ0) is 7.42. The van der Waals surface area contributed by atoms with Gasteiger partial charge in [-0.2, -0.15) is 0 Å². The van der Waals surface area contributed by atoms with Crippen LogP contribution in [0.3, 0.4) is 0 Å². The highest BCUT2D eigenvalue weighted by atomic mass is 32.2. The van der Waals surface area contributed by atoms with Gasteiger partial charge in [0.1, 0.15) is 0 Å². The van der Waals surface area contributed by atoms with Crippen molar-refractivity contribution in [1.29, 1.82) is 0 Å². The molecule has 5 atom stereocenters. The van der Waals surface area contributed by atoms with Crippen LogP contribution >= 0.6 is 11.8 Å². The number of thioether (sulfide) groups is 1. The van der Waals surface area contributed by atoms with Gasteiger partial charge in [-0.15, -0.1) is 11.8 Å². The highest BCUT2D eigenvalue weighted by Crippen LogP contribution is 2.49. The largest absolute Gasteiger partial charge is 0.389 e. The second kappa shape index (κ2) is 2.15. The van der Waals surface area contributed by atoms with E-state index in [9.17, 15) is 5.11 Å². The van der Waals surface area contributed by atoms with Gasteiger partial charge < -0.3 is 9.84 Å². The van der Waals surface area contributed by atoms with Crippen molar-refractivity contribution in [2.45, 2.75) is 48.1 Å². The molecule has 3 heteroatoms. The standard InChI is InChI=1S/C8H12O2S/c9-8-5-3-7-4(10-5)1-2-6(8)11-7/h4-9H,1-3H2. The van der Waals surface area contributed by atoms with E-state index < -0.39 is 0 Å². The summed E-state index contributed by atoms with van der Waals surface area (Å²) in [4.78, 5) is 0. The fourth-order valence-electron chi connectivity index (χ4n) is 2.48. The Hall–Kier alpha value is 0.270. The second-order valence-corrected chi connectivity index (χ2v) is 5.21. The highest BCUT2D eigenvalue weighted by Gasteiger charge is 2.50. The molecule has 0 spiro atoms. The Morgan fingerprint density at radius 1 is 1.18 bits per heavy atom. The maximum Gasteiger partial charge on any atom is 0.0920 e. The molecule has 2 nitrogen and oxygen atoms in total. The Morgan fingerprint density at radius 2 is 2.09 bits per heavy atom. The van der Waals surface area contributed by atoms with Crippen LogP contribution in [0.15, 0.2) is 0 Å². The summed E-state index contributed by atoms with van der Waals surface area (Å²) in [5.74, 6) is 0. The predicted octanol–water partition coefficient (Wildman–Crippen LogP) is 0.783. The number of fused-ring (bicyclic) bond motifs is 2. The van der Waals surface area contributed by atoms with Crippen molar-refractivity contribution in [3.8, 4) is 0 Å². The van der Waals surface area contributed by atoms with Gasteiger partial charge in [-0.1, -0.05) is 0 Å². The van der Waals surface area contributed by atoms with E-state index in [1.165, 1.54) is 6.42 Å². The summed E-state index contributed by atoms with van der Waals surface area (Å²) >= 11 is 1.96. The first-order chi connectivity index (χ1) is 5.34. The second-order valence-electron chi connectivity index (χ2n) is 3.73. The number of hydrogen-bond acceptors (Lipinski definition) is 3. The average Bonchev–Trinajstić information content (AvgIpc) is 2.33. The van der Waals surface area contributed by atoms with Gasteiger partial charge >= 0.3 is 0 Å². The zero-order valence-corrected chi connectivity index (χ0v) is 7.09. The van der Waals surface area contributed by atoms with E-state index in [0.717, 1.165) is 12.8 Å². The minimum absolute atomic E-state index is 0.177. The van der Waals surface area contributed by atoms with Crippen LogP contribution in [0, 0.1) is 0 Å². The molecule has 3 heterocycles. The van der Waals surface area contributed by atoms with Crippen LogP contribution in [0.1, 0.15) is 19.3 Å². The van der Waals surface area contributed by atoms with Crippen LogP contribution in [0.5, 0.6) is 0 Å². The summed E-state index contributed by atoms with van der Waals surface area (Å²) in [7, 11) is 0. The van der Waals surface area contributed by atoms with E-state index in [0.29, 0.717) is 16.6 Å². The van der Waals surface area contributed by atoms with Crippen molar-refractivity contribution in [3.63, 3.8) is 0 Å². The first-order valence-corrected chi connectivity index (χ1v) is 5.28. The van der Waals surface area contributed by atoms with Gasteiger partial charge in [0.25, 0.3) is 0 Å². The Morgan fingerprint density at radius 3 is 3.00 bits per heavy atom. The lowest BCUT2D eigenvalue weighted by Crippen LogP contribution is -2.40. The van der Waals surface area contributed by atoms with Gasteiger partial charge in [-0.3, -0.25) is 0 Å². The van der Waals surface area contributed by atoms with E-state index in [1.807, 2.05) is 11.8 Å². The van der Waals surface area contributed by atoms with Crippen molar-refractivity contribution in [2.75, 3.05) is 0 Å². The van der Waals surface area contributed by atoms with Crippen LogP contribution in [-0.4, -0.2) is 33.9 Å².